The molecule has 0 fully saturated rings. The zero-order valence-corrected chi connectivity index (χ0v) is 12.1. The summed E-state index contributed by atoms with van der Waals surface area (Å²) >= 11 is 5.08. The van der Waals surface area contributed by atoms with E-state index in [-0.39, 0.29) is 0 Å². The Morgan fingerprint density at radius 2 is 2.11 bits per heavy atom. The average Bonchev–Trinajstić information content (AvgIpc) is 2.68. The number of nitrogens with zero attached hydrogens (tertiary/aromatic N) is 1. The van der Waals surface area contributed by atoms with Crippen molar-refractivity contribution in [3.05, 3.63) is 46.3 Å². The standard InChI is InChI=1S/C14H17N3OS/c1-8-4-5-13(11(6-8)14(15)19)16-7-12-9(2)17-18-10(12)3/h4-6,16H,7H2,1-3H3,(H2,15,19). The Kier molecular flexibility index (Phi) is 3.85. The van der Waals surface area contributed by atoms with Crippen molar-refractivity contribution in [1.29, 1.82) is 0 Å². The van der Waals surface area contributed by atoms with Crippen LogP contribution in [0.15, 0.2) is 22.7 Å². The Morgan fingerprint density at radius 1 is 1.37 bits per heavy atom. The molecule has 1 aromatic carbocycles. The zero-order chi connectivity index (χ0) is 14.0. The van der Waals surface area contributed by atoms with Crippen LogP contribution in [0.3, 0.4) is 0 Å². The van der Waals surface area contributed by atoms with Crippen molar-refractivity contribution in [3.63, 3.8) is 0 Å². The lowest BCUT2D eigenvalue weighted by molar-refractivity contribution is 0.392. The van der Waals surface area contributed by atoms with Gasteiger partial charge < -0.3 is 15.6 Å². The molecular weight excluding hydrogens is 258 g/mol. The molecule has 0 aliphatic heterocycles. The van der Waals surface area contributed by atoms with Crippen LogP contribution >= 0.6 is 12.2 Å². The molecule has 0 radical (unpaired) electrons. The highest BCUT2D eigenvalue weighted by Crippen LogP contribution is 2.20. The van der Waals surface area contributed by atoms with Crippen LogP contribution in [0.1, 0.15) is 28.1 Å². The van der Waals surface area contributed by atoms with Crippen molar-refractivity contribution >= 4 is 22.9 Å². The fourth-order valence-corrected chi connectivity index (χ4v) is 2.12. The summed E-state index contributed by atoms with van der Waals surface area (Å²) in [5.41, 5.74) is 10.6. The van der Waals surface area contributed by atoms with Gasteiger partial charge in [-0.2, -0.15) is 0 Å². The van der Waals surface area contributed by atoms with Crippen molar-refractivity contribution in [2.24, 2.45) is 5.73 Å². The number of benzene rings is 1. The summed E-state index contributed by atoms with van der Waals surface area (Å²) < 4.78 is 5.14. The van der Waals surface area contributed by atoms with E-state index in [9.17, 15) is 0 Å². The molecule has 0 aliphatic rings. The summed E-state index contributed by atoms with van der Waals surface area (Å²) in [4.78, 5) is 0.393. The normalized spacial score (nSPS) is 10.5. The average molecular weight is 275 g/mol. The maximum atomic E-state index is 5.75. The first-order chi connectivity index (χ1) is 8.99. The topological polar surface area (TPSA) is 64.1 Å². The minimum absolute atomic E-state index is 0.393. The molecule has 100 valence electrons. The highest BCUT2D eigenvalue weighted by molar-refractivity contribution is 7.80. The highest BCUT2D eigenvalue weighted by Gasteiger charge is 2.10. The predicted octanol–water partition coefficient (Wildman–Crippen LogP) is 2.85. The molecule has 0 unspecified atom stereocenters. The minimum Gasteiger partial charge on any atom is -0.389 e. The fraction of sp³-hybridized carbons (Fsp3) is 0.286. The molecule has 4 nitrogen and oxygen atoms in total. The van der Waals surface area contributed by atoms with E-state index in [2.05, 4.69) is 10.5 Å². The lowest BCUT2D eigenvalue weighted by atomic mass is 10.1. The van der Waals surface area contributed by atoms with Gasteiger partial charge in [-0.05, 0) is 32.9 Å². The zero-order valence-electron chi connectivity index (χ0n) is 11.3. The number of nitrogens with one attached hydrogen (secondary N) is 1. The number of aromatic nitrogens is 1. The number of hydrogen-bond donors (Lipinski definition) is 2. The smallest absolute Gasteiger partial charge is 0.138 e. The number of aryl methyl sites for hydroxylation is 3. The summed E-state index contributed by atoms with van der Waals surface area (Å²) in [6, 6.07) is 6.00. The molecule has 19 heavy (non-hydrogen) atoms. The first kappa shape index (κ1) is 13.5. The maximum absolute atomic E-state index is 5.75. The summed E-state index contributed by atoms with van der Waals surface area (Å²) in [5, 5.41) is 7.27. The van der Waals surface area contributed by atoms with E-state index in [0.29, 0.717) is 11.5 Å². The van der Waals surface area contributed by atoms with E-state index in [1.165, 1.54) is 0 Å². The van der Waals surface area contributed by atoms with Crippen LogP contribution in [-0.4, -0.2) is 10.1 Å². The SMILES string of the molecule is Cc1ccc(NCc2c(C)noc2C)c(C(N)=S)c1. The van der Waals surface area contributed by atoms with Crippen LogP contribution in [0, 0.1) is 20.8 Å². The second kappa shape index (κ2) is 5.40. The lowest BCUT2D eigenvalue weighted by Crippen LogP contribution is -2.13. The Hall–Kier alpha value is -1.88. The third-order valence-electron chi connectivity index (χ3n) is 3.08. The molecule has 1 heterocycles. The second-order valence-electron chi connectivity index (χ2n) is 4.57. The van der Waals surface area contributed by atoms with Gasteiger partial charge in [-0.3, -0.25) is 0 Å². The lowest BCUT2D eigenvalue weighted by Gasteiger charge is -2.12. The maximum Gasteiger partial charge on any atom is 0.138 e. The Bertz CT molecular complexity index is 600. The number of anilines is 1. The van der Waals surface area contributed by atoms with Gasteiger partial charge in [0.1, 0.15) is 10.7 Å². The molecule has 0 saturated heterocycles. The first-order valence-electron chi connectivity index (χ1n) is 6.05. The molecule has 0 bridgehead atoms. The van der Waals surface area contributed by atoms with Gasteiger partial charge in [0.25, 0.3) is 0 Å². The third kappa shape index (κ3) is 2.93. The number of nitrogens with two attached hydrogens (primary N) is 1. The monoisotopic (exact) mass is 275 g/mol. The fourth-order valence-electron chi connectivity index (χ4n) is 1.95. The molecule has 0 amide bonds. The van der Waals surface area contributed by atoms with Crippen LogP contribution in [0.2, 0.25) is 0 Å². The first-order valence-corrected chi connectivity index (χ1v) is 6.46. The van der Waals surface area contributed by atoms with Gasteiger partial charge in [0, 0.05) is 23.4 Å². The summed E-state index contributed by atoms with van der Waals surface area (Å²) in [6.45, 7) is 6.48. The largest absolute Gasteiger partial charge is 0.389 e. The van der Waals surface area contributed by atoms with E-state index in [0.717, 1.165) is 33.8 Å². The van der Waals surface area contributed by atoms with E-state index in [1.54, 1.807) is 0 Å². The molecule has 0 atom stereocenters. The van der Waals surface area contributed by atoms with Gasteiger partial charge in [-0.15, -0.1) is 0 Å². The van der Waals surface area contributed by atoms with Gasteiger partial charge in [-0.25, -0.2) is 0 Å². The summed E-state index contributed by atoms with van der Waals surface area (Å²) in [7, 11) is 0. The van der Waals surface area contributed by atoms with Crippen molar-refractivity contribution < 1.29 is 4.52 Å². The van der Waals surface area contributed by atoms with E-state index in [4.69, 9.17) is 22.5 Å². The van der Waals surface area contributed by atoms with E-state index >= 15 is 0 Å². The van der Waals surface area contributed by atoms with Crippen LogP contribution in [-0.2, 0) is 6.54 Å². The van der Waals surface area contributed by atoms with E-state index < -0.39 is 0 Å². The van der Waals surface area contributed by atoms with Crippen molar-refractivity contribution in [2.75, 3.05) is 5.32 Å². The van der Waals surface area contributed by atoms with Crippen LogP contribution in [0.4, 0.5) is 5.69 Å². The Balaban J connectivity index is 2.23. The van der Waals surface area contributed by atoms with Crippen LogP contribution < -0.4 is 11.1 Å². The van der Waals surface area contributed by atoms with Gasteiger partial charge in [-0.1, -0.05) is 29.0 Å². The highest BCUT2D eigenvalue weighted by atomic mass is 32.1. The van der Waals surface area contributed by atoms with Gasteiger partial charge in [0.2, 0.25) is 0 Å². The summed E-state index contributed by atoms with van der Waals surface area (Å²) in [5.74, 6) is 0.828. The number of thiocarbonyl (C=S) groups is 1. The molecular formula is C14H17N3OS. The Morgan fingerprint density at radius 3 is 2.68 bits per heavy atom. The van der Waals surface area contributed by atoms with E-state index in [1.807, 2.05) is 39.0 Å². The second-order valence-corrected chi connectivity index (χ2v) is 5.01. The van der Waals surface area contributed by atoms with Gasteiger partial charge >= 0.3 is 0 Å². The van der Waals surface area contributed by atoms with Gasteiger partial charge in [0.15, 0.2) is 0 Å². The molecule has 3 N–H and O–H groups in total. The van der Waals surface area contributed by atoms with Crippen LogP contribution in [0.5, 0.6) is 0 Å². The van der Waals surface area contributed by atoms with Crippen LogP contribution in [0.25, 0.3) is 0 Å². The Labute approximate surface area is 118 Å². The molecule has 0 aliphatic carbocycles. The molecule has 2 rings (SSSR count). The summed E-state index contributed by atoms with van der Waals surface area (Å²) in [6.07, 6.45) is 0. The molecule has 0 saturated carbocycles. The number of rotatable bonds is 4. The molecule has 2 aromatic rings. The third-order valence-corrected chi connectivity index (χ3v) is 3.30. The van der Waals surface area contributed by atoms with Crippen molar-refractivity contribution in [1.82, 2.24) is 5.16 Å². The van der Waals surface area contributed by atoms with Crippen molar-refractivity contribution in [2.45, 2.75) is 27.3 Å². The van der Waals surface area contributed by atoms with Gasteiger partial charge in [0.05, 0.1) is 5.69 Å². The number of hydrogen-bond acceptors (Lipinski definition) is 4. The van der Waals surface area contributed by atoms with Crippen molar-refractivity contribution in [3.8, 4) is 0 Å². The molecule has 1 aromatic heterocycles. The predicted molar refractivity (Wildman–Crippen MR) is 80.4 cm³/mol. The molecule has 5 heteroatoms. The molecule has 0 spiro atoms. The minimum atomic E-state index is 0.393. The quantitative estimate of drug-likeness (QED) is 0.840.